The van der Waals surface area contributed by atoms with Gasteiger partial charge in [0, 0.05) is 49.5 Å². The number of anilines is 1. The molecule has 5 nitrogen and oxygen atoms in total. The molecule has 0 aliphatic carbocycles. The van der Waals surface area contributed by atoms with Crippen molar-refractivity contribution in [2.75, 3.05) is 31.1 Å². The lowest BCUT2D eigenvalue weighted by Gasteiger charge is -2.36. The highest BCUT2D eigenvalue weighted by molar-refractivity contribution is 5.92. The molecule has 0 unspecified atom stereocenters. The molecule has 0 saturated carbocycles. The van der Waals surface area contributed by atoms with Crippen LogP contribution in [-0.4, -0.2) is 46.0 Å². The van der Waals surface area contributed by atoms with Crippen molar-refractivity contribution in [2.24, 2.45) is 0 Å². The molecule has 3 heterocycles. The van der Waals surface area contributed by atoms with E-state index >= 15 is 0 Å². The first-order chi connectivity index (χ1) is 12.9. The van der Waals surface area contributed by atoms with Crippen LogP contribution in [0.25, 0.3) is 10.9 Å². The summed E-state index contributed by atoms with van der Waals surface area (Å²) in [4.78, 5) is 15.5. The molecular formula is C19H20F3N5. The molecule has 0 bridgehead atoms. The summed E-state index contributed by atoms with van der Waals surface area (Å²) in [5.74, 6) is 0. The van der Waals surface area contributed by atoms with Gasteiger partial charge in [0.25, 0.3) is 0 Å². The van der Waals surface area contributed by atoms with E-state index in [4.69, 9.17) is 0 Å². The molecule has 0 radical (unpaired) electrons. The fraction of sp³-hybridized carbons (Fsp3) is 0.368. The highest BCUT2D eigenvalue weighted by Crippen LogP contribution is 2.35. The van der Waals surface area contributed by atoms with E-state index in [9.17, 15) is 13.2 Å². The number of nitrogens with zero attached hydrogens (tertiary/aromatic N) is 4. The largest absolute Gasteiger partial charge is 0.433 e. The van der Waals surface area contributed by atoms with Crippen LogP contribution in [0, 0.1) is 6.92 Å². The molecule has 1 fully saturated rings. The molecule has 1 aromatic carbocycles. The molecule has 0 spiro atoms. The van der Waals surface area contributed by atoms with Crippen LogP contribution in [0.15, 0.2) is 36.7 Å². The van der Waals surface area contributed by atoms with E-state index in [1.165, 1.54) is 6.07 Å². The van der Waals surface area contributed by atoms with E-state index in [1.54, 1.807) is 18.5 Å². The zero-order valence-electron chi connectivity index (χ0n) is 14.9. The summed E-state index contributed by atoms with van der Waals surface area (Å²) >= 11 is 0. The van der Waals surface area contributed by atoms with Gasteiger partial charge in [-0.15, -0.1) is 0 Å². The SMILES string of the molecule is Cc1[nH]cnc1CN1CCN(c2cc(C(F)(F)F)nc3ccccc23)CC1. The number of hydrogen-bond donors (Lipinski definition) is 1. The Labute approximate surface area is 154 Å². The lowest BCUT2D eigenvalue weighted by atomic mass is 10.1. The first kappa shape index (κ1) is 17.8. The van der Waals surface area contributed by atoms with Crippen molar-refractivity contribution in [1.82, 2.24) is 19.9 Å². The maximum absolute atomic E-state index is 13.3. The topological polar surface area (TPSA) is 48.1 Å². The third kappa shape index (κ3) is 3.62. The zero-order valence-corrected chi connectivity index (χ0v) is 14.9. The summed E-state index contributed by atoms with van der Waals surface area (Å²) < 4.78 is 39.8. The molecule has 27 heavy (non-hydrogen) atoms. The molecule has 1 saturated heterocycles. The van der Waals surface area contributed by atoms with E-state index in [0.717, 1.165) is 36.4 Å². The van der Waals surface area contributed by atoms with E-state index in [0.29, 0.717) is 24.3 Å². The van der Waals surface area contributed by atoms with Gasteiger partial charge in [0.05, 0.1) is 17.5 Å². The van der Waals surface area contributed by atoms with Crippen LogP contribution in [0.3, 0.4) is 0 Å². The van der Waals surface area contributed by atoms with Crippen LogP contribution in [0.5, 0.6) is 0 Å². The number of imidazole rings is 1. The molecule has 3 aromatic rings. The minimum absolute atomic E-state index is 0.372. The van der Waals surface area contributed by atoms with Crippen molar-refractivity contribution in [1.29, 1.82) is 0 Å². The average Bonchev–Trinajstić information content (AvgIpc) is 3.05. The lowest BCUT2D eigenvalue weighted by Crippen LogP contribution is -2.46. The molecule has 8 heteroatoms. The van der Waals surface area contributed by atoms with E-state index < -0.39 is 11.9 Å². The maximum Gasteiger partial charge on any atom is 0.433 e. The standard InChI is InChI=1S/C19H20F3N5/c1-13-16(24-12-23-13)11-26-6-8-27(9-7-26)17-10-18(19(20,21)22)25-15-5-3-2-4-14(15)17/h2-5,10,12H,6-9,11H2,1H3,(H,23,24). The number of fused-ring (bicyclic) bond motifs is 1. The number of pyridine rings is 1. The molecular weight excluding hydrogens is 355 g/mol. The third-order valence-electron chi connectivity index (χ3n) is 5.01. The molecule has 1 aliphatic heterocycles. The van der Waals surface area contributed by atoms with Crippen LogP contribution >= 0.6 is 0 Å². The second-order valence-corrected chi connectivity index (χ2v) is 6.78. The molecule has 2 aromatic heterocycles. The Morgan fingerprint density at radius 1 is 1.11 bits per heavy atom. The van der Waals surface area contributed by atoms with Gasteiger partial charge in [-0.25, -0.2) is 9.97 Å². The number of aromatic nitrogens is 3. The van der Waals surface area contributed by atoms with Gasteiger partial charge in [0.1, 0.15) is 5.69 Å². The molecule has 0 amide bonds. The number of aromatic amines is 1. The maximum atomic E-state index is 13.3. The Hall–Kier alpha value is -2.61. The van der Waals surface area contributed by atoms with Crippen molar-refractivity contribution in [3.05, 3.63) is 53.7 Å². The monoisotopic (exact) mass is 375 g/mol. The Morgan fingerprint density at radius 2 is 1.85 bits per heavy atom. The fourth-order valence-corrected chi connectivity index (χ4v) is 3.47. The lowest BCUT2D eigenvalue weighted by molar-refractivity contribution is -0.140. The zero-order chi connectivity index (χ0) is 19.0. The van der Waals surface area contributed by atoms with Crippen LogP contribution < -0.4 is 4.90 Å². The summed E-state index contributed by atoms with van der Waals surface area (Å²) in [5, 5.41) is 0.752. The van der Waals surface area contributed by atoms with Crippen LogP contribution in [0.1, 0.15) is 17.1 Å². The molecule has 4 rings (SSSR count). The summed E-state index contributed by atoms with van der Waals surface area (Å²) in [5.41, 5.74) is 2.19. The summed E-state index contributed by atoms with van der Waals surface area (Å²) in [6.45, 7) is 5.59. The highest BCUT2D eigenvalue weighted by Gasteiger charge is 2.34. The highest BCUT2D eigenvalue weighted by atomic mass is 19.4. The van der Waals surface area contributed by atoms with Crippen LogP contribution in [0.4, 0.5) is 18.9 Å². The van der Waals surface area contributed by atoms with Gasteiger partial charge >= 0.3 is 6.18 Å². The number of nitrogens with one attached hydrogen (secondary N) is 1. The predicted octanol–water partition coefficient (Wildman–Crippen LogP) is 3.61. The summed E-state index contributed by atoms with van der Waals surface area (Å²) in [6, 6.07) is 8.18. The minimum atomic E-state index is -4.46. The first-order valence-electron chi connectivity index (χ1n) is 8.85. The predicted molar refractivity (Wildman–Crippen MR) is 97.6 cm³/mol. The van der Waals surface area contributed by atoms with E-state index in [2.05, 4.69) is 19.9 Å². The van der Waals surface area contributed by atoms with Crippen molar-refractivity contribution >= 4 is 16.6 Å². The number of alkyl halides is 3. The summed E-state index contributed by atoms with van der Waals surface area (Å²) in [7, 11) is 0. The van der Waals surface area contributed by atoms with Gasteiger partial charge in [-0.05, 0) is 19.1 Å². The number of piperazine rings is 1. The first-order valence-corrected chi connectivity index (χ1v) is 8.85. The van der Waals surface area contributed by atoms with Crippen molar-refractivity contribution < 1.29 is 13.2 Å². The van der Waals surface area contributed by atoms with Gasteiger partial charge in [0.15, 0.2) is 0 Å². The Balaban J connectivity index is 1.57. The van der Waals surface area contributed by atoms with Gasteiger partial charge < -0.3 is 9.88 Å². The molecule has 1 aliphatic rings. The van der Waals surface area contributed by atoms with Gasteiger partial charge in [-0.3, -0.25) is 4.90 Å². The fourth-order valence-electron chi connectivity index (χ4n) is 3.47. The molecule has 1 N–H and O–H groups in total. The van der Waals surface area contributed by atoms with Crippen molar-refractivity contribution in [2.45, 2.75) is 19.6 Å². The number of para-hydroxylation sites is 1. The van der Waals surface area contributed by atoms with Gasteiger partial charge in [-0.1, -0.05) is 18.2 Å². The van der Waals surface area contributed by atoms with Gasteiger partial charge in [-0.2, -0.15) is 13.2 Å². The second kappa shape index (κ2) is 6.84. The number of halogens is 3. The number of benzene rings is 1. The average molecular weight is 375 g/mol. The number of rotatable bonds is 3. The quantitative estimate of drug-likeness (QED) is 0.760. The van der Waals surface area contributed by atoms with Crippen molar-refractivity contribution in [3.8, 4) is 0 Å². The summed E-state index contributed by atoms with van der Waals surface area (Å²) in [6.07, 6.45) is -2.78. The second-order valence-electron chi connectivity index (χ2n) is 6.78. The number of hydrogen-bond acceptors (Lipinski definition) is 4. The minimum Gasteiger partial charge on any atom is -0.368 e. The van der Waals surface area contributed by atoms with Crippen LogP contribution in [-0.2, 0) is 12.7 Å². The van der Waals surface area contributed by atoms with Crippen molar-refractivity contribution in [3.63, 3.8) is 0 Å². The van der Waals surface area contributed by atoms with E-state index in [1.807, 2.05) is 24.0 Å². The van der Waals surface area contributed by atoms with E-state index in [-0.39, 0.29) is 0 Å². The Bertz CT molecular complexity index is 942. The smallest absolute Gasteiger partial charge is 0.368 e. The molecule has 0 atom stereocenters. The van der Waals surface area contributed by atoms with Gasteiger partial charge in [0.2, 0.25) is 0 Å². The Kier molecular flexibility index (Phi) is 4.51. The third-order valence-corrected chi connectivity index (χ3v) is 5.01. The number of H-pyrrole nitrogens is 1. The molecule has 142 valence electrons. The number of aryl methyl sites for hydroxylation is 1. The van der Waals surface area contributed by atoms with Crippen LogP contribution in [0.2, 0.25) is 0 Å². The normalized spacial score (nSPS) is 16.2. The Morgan fingerprint density at radius 3 is 2.52 bits per heavy atom.